The van der Waals surface area contributed by atoms with Gasteiger partial charge in [-0.3, -0.25) is 9.69 Å². The van der Waals surface area contributed by atoms with Crippen LogP contribution in [-0.4, -0.2) is 30.3 Å². The number of Topliss-reactive ketones (excluding diaryl/α,β-unsaturated/α-hetero) is 1. The molecule has 2 heteroatoms. The fourth-order valence-corrected chi connectivity index (χ4v) is 3.51. The highest BCUT2D eigenvalue weighted by Crippen LogP contribution is 2.37. The summed E-state index contributed by atoms with van der Waals surface area (Å²) in [5.74, 6) is 1.30. The normalized spacial score (nSPS) is 26.9. The molecule has 1 rings (SSSR count). The molecule has 0 unspecified atom stereocenters. The zero-order chi connectivity index (χ0) is 15.0. The van der Waals surface area contributed by atoms with E-state index in [0.717, 1.165) is 31.6 Å². The van der Waals surface area contributed by atoms with Gasteiger partial charge in [-0.25, -0.2) is 0 Å². The van der Waals surface area contributed by atoms with Gasteiger partial charge in [0.25, 0.3) is 0 Å². The van der Waals surface area contributed by atoms with Crippen molar-refractivity contribution in [2.24, 2.45) is 5.92 Å². The third-order valence-corrected chi connectivity index (χ3v) is 5.23. The van der Waals surface area contributed by atoms with Crippen LogP contribution in [0.5, 0.6) is 0 Å². The summed E-state index contributed by atoms with van der Waals surface area (Å²) in [7, 11) is 4.18. The Kier molecular flexibility index (Phi) is 7.79. The lowest BCUT2D eigenvalue weighted by molar-refractivity contribution is -0.132. The van der Waals surface area contributed by atoms with E-state index in [1.807, 2.05) is 0 Å². The van der Waals surface area contributed by atoms with Gasteiger partial charge in [0, 0.05) is 6.42 Å². The molecule has 1 fully saturated rings. The highest BCUT2D eigenvalue weighted by molar-refractivity contribution is 5.88. The maximum atomic E-state index is 12.7. The molecule has 0 bridgehead atoms. The van der Waals surface area contributed by atoms with Crippen LogP contribution < -0.4 is 0 Å². The molecule has 0 saturated heterocycles. The number of hydrogen-bond acceptors (Lipinski definition) is 2. The number of hydrogen-bond donors (Lipinski definition) is 0. The first-order valence-corrected chi connectivity index (χ1v) is 8.73. The van der Waals surface area contributed by atoms with Gasteiger partial charge in [-0.2, -0.15) is 0 Å². The van der Waals surface area contributed by atoms with Gasteiger partial charge in [0.1, 0.15) is 0 Å². The standard InChI is InChI=1S/C18H35NO/c1-5-6-7-8-9-10-11-17(20)18(19(3)4)14-12-16(2)13-15-18/h16H,5-15H2,1-4H3. The lowest BCUT2D eigenvalue weighted by Gasteiger charge is -2.43. The summed E-state index contributed by atoms with van der Waals surface area (Å²) in [5, 5.41) is 0. The number of rotatable bonds is 9. The van der Waals surface area contributed by atoms with Gasteiger partial charge in [0.2, 0.25) is 0 Å². The smallest absolute Gasteiger partial charge is 0.153 e. The lowest BCUT2D eigenvalue weighted by atomic mass is 9.73. The average molecular weight is 281 g/mol. The third-order valence-electron chi connectivity index (χ3n) is 5.23. The monoisotopic (exact) mass is 281 g/mol. The van der Waals surface area contributed by atoms with Gasteiger partial charge in [-0.1, -0.05) is 46.0 Å². The fraction of sp³-hybridized carbons (Fsp3) is 0.944. The number of carbonyl (C=O) groups is 1. The Labute approximate surface area is 126 Å². The predicted octanol–water partition coefficient (Wildman–Crippen LogP) is 4.82. The van der Waals surface area contributed by atoms with Gasteiger partial charge >= 0.3 is 0 Å². The van der Waals surface area contributed by atoms with Crippen LogP contribution in [0.3, 0.4) is 0 Å². The van der Waals surface area contributed by atoms with E-state index in [9.17, 15) is 4.79 Å². The Morgan fingerprint density at radius 1 is 1.05 bits per heavy atom. The third kappa shape index (κ3) is 4.87. The molecule has 0 heterocycles. The fourth-order valence-electron chi connectivity index (χ4n) is 3.51. The summed E-state index contributed by atoms with van der Waals surface area (Å²) in [6.45, 7) is 4.56. The van der Waals surface area contributed by atoms with Crippen molar-refractivity contribution >= 4 is 5.78 Å². The van der Waals surface area contributed by atoms with E-state index in [1.165, 1.54) is 44.9 Å². The quantitative estimate of drug-likeness (QED) is 0.565. The van der Waals surface area contributed by atoms with Crippen molar-refractivity contribution in [2.75, 3.05) is 14.1 Å². The van der Waals surface area contributed by atoms with E-state index in [2.05, 4.69) is 32.8 Å². The molecule has 2 nitrogen and oxygen atoms in total. The Bertz CT molecular complexity index is 277. The summed E-state index contributed by atoms with van der Waals surface area (Å²) in [6.07, 6.45) is 12.9. The van der Waals surface area contributed by atoms with E-state index >= 15 is 0 Å². The molecule has 20 heavy (non-hydrogen) atoms. The second-order valence-corrected chi connectivity index (χ2v) is 7.05. The first kappa shape index (κ1) is 17.7. The molecule has 0 N–H and O–H groups in total. The predicted molar refractivity (Wildman–Crippen MR) is 87.1 cm³/mol. The van der Waals surface area contributed by atoms with Crippen LogP contribution >= 0.6 is 0 Å². The van der Waals surface area contributed by atoms with Crippen molar-refractivity contribution in [3.63, 3.8) is 0 Å². The van der Waals surface area contributed by atoms with Gasteiger partial charge in [-0.15, -0.1) is 0 Å². The average Bonchev–Trinajstić information content (AvgIpc) is 2.43. The van der Waals surface area contributed by atoms with Gasteiger partial charge in [-0.05, 0) is 52.1 Å². The number of likely N-dealkylation sites (N-methyl/N-ethyl adjacent to an activating group) is 1. The summed E-state index contributed by atoms with van der Waals surface area (Å²) in [5.41, 5.74) is -0.143. The summed E-state index contributed by atoms with van der Waals surface area (Å²) in [4.78, 5) is 14.9. The van der Waals surface area contributed by atoms with Crippen molar-refractivity contribution in [1.82, 2.24) is 4.90 Å². The molecule has 1 aliphatic rings. The highest BCUT2D eigenvalue weighted by Gasteiger charge is 2.41. The van der Waals surface area contributed by atoms with E-state index in [4.69, 9.17) is 0 Å². The van der Waals surface area contributed by atoms with Crippen molar-refractivity contribution in [2.45, 2.75) is 90.0 Å². The molecule has 0 aromatic heterocycles. The minimum absolute atomic E-state index is 0.143. The zero-order valence-electron chi connectivity index (χ0n) is 14.2. The van der Waals surface area contributed by atoms with Crippen molar-refractivity contribution < 1.29 is 4.79 Å². The maximum Gasteiger partial charge on any atom is 0.153 e. The topological polar surface area (TPSA) is 20.3 Å². The van der Waals surface area contributed by atoms with Gasteiger partial charge in [0.15, 0.2) is 5.78 Å². The lowest BCUT2D eigenvalue weighted by Crippen LogP contribution is -2.53. The zero-order valence-corrected chi connectivity index (χ0v) is 14.2. The first-order valence-electron chi connectivity index (χ1n) is 8.73. The Morgan fingerprint density at radius 3 is 2.15 bits per heavy atom. The highest BCUT2D eigenvalue weighted by atomic mass is 16.1. The van der Waals surface area contributed by atoms with Crippen LogP contribution in [0.2, 0.25) is 0 Å². The van der Waals surface area contributed by atoms with Crippen LogP contribution in [0.4, 0.5) is 0 Å². The van der Waals surface area contributed by atoms with Crippen LogP contribution in [0, 0.1) is 5.92 Å². The maximum absolute atomic E-state index is 12.7. The Balaban J connectivity index is 2.38. The number of ketones is 1. The second-order valence-electron chi connectivity index (χ2n) is 7.05. The molecule has 0 spiro atoms. The van der Waals surface area contributed by atoms with Crippen molar-refractivity contribution in [3.8, 4) is 0 Å². The number of carbonyl (C=O) groups excluding carboxylic acids is 1. The minimum Gasteiger partial charge on any atom is -0.298 e. The van der Waals surface area contributed by atoms with E-state index in [0.29, 0.717) is 5.78 Å². The largest absolute Gasteiger partial charge is 0.298 e. The van der Waals surface area contributed by atoms with Gasteiger partial charge < -0.3 is 0 Å². The summed E-state index contributed by atoms with van der Waals surface area (Å²) >= 11 is 0. The summed E-state index contributed by atoms with van der Waals surface area (Å²) < 4.78 is 0. The molecule has 0 amide bonds. The molecule has 0 radical (unpaired) electrons. The van der Waals surface area contributed by atoms with Crippen molar-refractivity contribution in [1.29, 1.82) is 0 Å². The molecule has 118 valence electrons. The molecule has 1 saturated carbocycles. The van der Waals surface area contributed by atoms with E-state index in [-0.39, 0.29) is 5.54 Å². The molecule has 1 aliphatic carbocycles. The van der Waals surface area contributed by atoms with Crippen LogP contribution in [0.15, 0.2) is 0 Å². The number of unbranched alkanes of at least 4 members (excludes halogenated alkanes) is 5. The summed E-state index contributed by atoms with van der Waals surface area (Å²) in [6, 6.07) is 0. The van der Waals surface area contributed by atoms with Crippen LogP contribution in [-0.2, 0) is 4.79 Å². The van der Waals surface area contributed by atoms with Crippen molar-refractivity contribution in [3.05, 3.63) is 0 Å². The molecule has 0 aliphatic heterocycles. The van der Waals surface area contributed by atoms with Crippen LogP contribution in [0.1, 0.15) is 84.5 Å². The minimum atomic E-state index is -0.143. The van der Waals surface area contributed by atoms with Crippen LogP contribution in [0.25, 0.3) is 0 Å². The molecule has 0 atom stereocenters. The van der Waals surface area contributed by atoms with E-state index in [1.54, 1.807) is 0 Å². The number of nitrogens with zero attached hydrogens (tertiary/aromatic N) is 1. The second kappa shape index (κ2) is 8.81. The molecule has 0 aromatic rings. The molecular weight excluding hydrogens is 246 g/mol. The van der Waals surface area contributed by atoms with E-state index < -0.39 is 0 Å². The SMILES string of the molecule is CCCCCCCCC(=O)C1(N(C)C)CCC(C)CC1. The van der Waals surface area contributed by atoms with Gasteiger partial charge in [0.05, 0.1) is 5.54 Å². The Morgan fingerprint density at radius 2 is 1.60 bits per heavy atom. The molecular formula is C18H35NO. The Hall–Kier alpha value is -0.370. The molecule has 0 aromatic carbocycles. The first-order chi connectivity index (χ1) is 9.53.